The summed E-state index contributed by atoms with van der Waals surface area (Å²) in [5, 5.41) is 8.04. The average molecular weight is 248 g/mol. The first-order valence-electron chi connectivity index (χ1n) is 5.69. The van der Waals surface area contributed by atoms with Gasteiger partial charge in [-0.1, -0.05) is 0 Å². The minimum atomic E-state index is -0.101. The number of carbonyl (C=O) groups excluding carboxylic acids is 1. The van der Waals surface area contributed by atoms with Gasteiger partial charge in [0.1, 0.15) is 18.0 Å². The largest absolute Gasteiger partial charge is 0.383 e. The maximum atomic E-state index is 12.1. The number of aryl methyl sites for hydroxylation is 1. The zero-order valence-corrected chi connectivity index (χ0v) is 10.7. The molecular formula is C11H16N6O. The molecule has 96 valence electrons. The zero-order valence-electron chi connectivity index (χ0n) is 10.7. The Bertz CT molecular complexity index is 568. The van der Waals surface area contributed by atoms with E-state index in [1.54, 1.807) is 11.7 Å². The molecule has 18 heavy (non-hydrogen) atoms. The molecule has 0 aliphatic rings. The molecule has 2 aromatic heterocycles. The Morgan fingerprint density at radius 2 is 2.17 bits per heavy atom. The number of nitrogens with two attached hydrogens (primary N) is 1. The van der Waals surface area contributed by atoms with Crippen molar-refractivity contribution in [2.24, 2.45) is 7.05 Å². The molecular weight excluding hydrogens is 232 g/mol. The number of rotatable bonds is 4. The molecule has 2 heterocycles. The third kappa shape index (κ3) is 2.11. The van der Waals surface area contributed by atoms with Gasteiger partial charge in [-0.25, -0.2) is 9.67 Å². The van der Waals surface area contributed by atoms with E-state index in [2.05, 4.69) is 15.2 Å². The Balaban J connectivity index is 2.22. The van der Waals surface area contributed by atoms with Crippen LogP contribution in [0.2, 0.25) is 0 Å². The fourth-order valence-corrected chi connectivity index (χ4v) is 1.73. The first-order chi connectivity index (χ1) is 8.50. The number of hydrogen-bond donors (Lipinski definition) is 1. The fourth-order valence-electron chi connectivity index (χ4n) is 1.73. The summed E-state index contributed by atoms with van der Waals surface area (Å²) in [4.78, 5) is 16.2. The van der Waals surface area contributed by atoms with E-state index < -0.39 is 0 Å². The van der Waals surface area contributed by atoms with Crippen molar-refractivity contribution in [2.45, 2.75) is 26.3 Å². The summed E-state index contributed by atoms with van der Waals surface area (Å²) in [5.41, 5.74) is 6.19. The lowest BCUT2D eigenvalue weighted by molar-refractivity contribution is 0.0990. The Morgan fingerprint density at radius 1 is 1.44 bits per heavy atom. The Labute approximate surface area is 105 Å². The molecule has 0 atom stereocenters. The molecule has 0 amide bonds. The van der Waals surface area contributed by atoms with Crippen molar-refractivity contribution in [1.82, 2.24) is 24.5 Å². The molecule has 0 unspecified atom stereocenters. The molecule has 0 radical (unpaired) electrons. The zero-order chi connectivity index (χ0) is 13.3. The van der Waals surface area contributed by atoms with E-state index in [-0.39, 0.29) is 18.2 Å². The number of Topliss-reactive ketones (excluding diaryl/α,β-unsaturated/α-hetero) is 1. The second kappa shape index (κ2) is 4.59. The van der Waals surface area contributed by atoms with E-state index in [9.17, 15) is 4.79 Å². The van der Waals surface area contributed by atoms with Crippen molar-refractivity contribution in [3.05, 3.63) is 23.9 Å². The molecule has 0 aliphatic heterocycles. The quantitative estimate of drug-likeness (QED) is 0.800. The van der Waals surface area contributed by atoms with Crippen molar-refractivity contribution in [3.63, 3.8) is 0 Å². The molecule has 0 saturated heterocycles. The summed E-state index contributed by atoms with van der Waals surface area (Å²) in [5.74, 6) is 0.907. The third-order valence-electron chi connectivity index (χ3n) is 2.74. The highest BCUT2D eigenvalue weighted by molar-refractivity contribution is 6.00. The predicted octanol–water partition coefficient (Wildman–Crippen LogP) is 0.600. The summed E-state index contributed by atoms with van der Waals surface area (Å²) in [6, 6.07) is 0.168. The lowest BCUT2D eigenvalue weighted by Gasteiger charge is -2.08. The standard InChI is InChI=1S/C11H16N6O/c1-7(2)17-10(13-6-15-17)4-9(18)8-5-14-16(3)11(8)12/h5-7H,4,12H2,1-3H3. The highest BCUT2D eigenvalue weighted by Gasteiger charge is 2.17. The summed E-state index contributed by atoms with van der Waals surface area (Å²) < 4.78 is 3.20. The van der Waals surface area contributed by atoms with Gasteiger partial charge in [0.15, 0.2) is 5.78 Å². The van der Waals surface area contributed by atoms with Gasteiger partial charge in [0, 0.05) is 13.1 Å². The Hall–Kier alpha value is -2.18. The molecule has 0 fully saturated rings. The molecule has 0 bridgehead atoms. The SMILES string of the molecule is CC(C)n1ncnc1CC(=O)c1cnn(C)c1N. The van der Waals surface area contributed by atoms with Crippen LogP contribution in [-0.4, -0.2) is 30.3 Å². The van der Waals surface area contributed by atoms with E-state index in [0.717, 1.165) is 0 Å². The van der Waals surface area contributed by atoms with Crippen LogP contribution in [0.1, 0.15) is 36.1 Å². The number of nitrogen functional groups attached to an aromatic ring is 1. The van der Waals surface area contributed by atoms with Gasteiger partial charge in [-0.3, -0.25) is 9.48 Å². The van der Waals surface area contributed by atoms with Gasteiger partial charge in [-0.15, -0.1) is 0 Å². The van der Waals surface area contributed by atoms with Crippen LogP contribution < -0.4 is 5.73 Å². The number of carbonyl (C=O) groups is 1. The highest BCUT2D eigenvalue weighted by atomic mass is 16.1. The summed E-state index contributed by atoms with van der Waals surface area (Å²) >= 11 is 0. The van der Waals surface area contributed by atoms with Crippen LogP contribution in [0, 0.1) is 0 Å². The van der Waals surface area contributed by atoms with Gasteiger partial charge in [0.25, 0.3) is 0 Å². The van der Waals surface area contributed by atoms with E-state index in [0.29, 0.717) is 17.2 Å². The normalized spacial score (nSPS) is 11.1. The summed E-state index contributed by atoms with van der Waals surface area (Å²) in [6.45, 7) is 3.97. The van der Waals surface area contributed by atoms with Crippen molar-refractivity contribution in [3.8, 4) is 0 Å². The van der Waals surface area contributed by atoms with Gasteiger partial charge < -0.3 is 5.73 Å². The maximum absolute atomic E-state index is 12.1. The topological polar surface area (TPSA) is 91.6 Å². The van der Waals surface area contributed by atoms with Crippen LogP contribution in [0.4, 0.5) is 5.82 Å². The fraction of sp³-hybridized carbons (Fsp3) is 0.455. The second-order valence-electron chi connectivity index (χ2n) is 4.38. The molecule has 0 spiro atoms. The summed E-state index contributed by atoms with van der Waals surface area (Å²) in [7, 11) is 1.70. The molecule has 2 rings (SSSR count). The first-order valence-corrected chi connectivity index (χ1v) is 5.69. The van der Waals surface area contributed by atoms with Gasteiger partial charge in [-0.05, 0) is 13.8 Å². The van der Waals surface area contributed by atoms with Crippen LogP contribution in [0.15, 0.2) is 12.5 Å². The monoisotopic (exact) mass is 248 g/mol. The van der Waals surface area contributed by atoms with Crippen molar-refractivity contribution in [2.75, 3.05) is 5.73 Å². The van der Waals surface area contributed by atoms with Crippen molar-refractivity contribution < 1.29 is 4.79 Å². The highest BCUT2D eigenvalue weighted by Crippen LogP contribution is 2.14. The Kier molecular flexibility index (Phi) is 3.14. The number of ketones is 1. The molecule has 7 nitrogen and oxygen atoms in total. The molecule has 2 aromatic rings. The first kappa shape index (κ1) is 12.3. The Morgan fingerprint density at radius 3 is 2.72 bits per heavy atom. The lowest BCUT2D eigenvalue weighted by atomic mass is 10.1. The molecule has 0 saturated carbocycles. The number of hydrogen-bond acceptors (Lipinski definition) is 5. The molecule has 0 aliphatic carbocycles. The number of anilines is 1. The van der Waals surface area contributed by atoms with E-state index >= 15 is 0 Å². The minimum absolute atomic E-state index is 0.101. The number of nitrogens with zero attached hydrogens (tertiary/aromatic N) is 5. The second-order valence-corrected chi connectivity index (χ2v) is 4.38. The van der Waals surface area contributed by atoms with Crippen LogP contribution in [0.5, 0.6) is 0 Å². The third-order valence-corrected chi connectivity index (χ3v) is 2.74. The van der Waals surface area contributed by atoms with Gasteiger partial charge in [0.2, 0.25) is 0 Å². The lowest BCUT2D eigenvalue weighted by Crippen LogP contribution is -2.14. The summed E-state index contributed by atoms with van der Waals surface area (Å²) in [6.07, 6.45) is 3.11. The van der Waals surface area contributed by atoms with Crippen LogP contribution in [-0.2, 0) is 13.5 Å². The smallest absolute Gasteiger partial charge is 0.175 e. The van der Waals surface area contributed by atoms with Crippen molar-refractivity contribution in [1.29, 1.82) is 0 Å². The average Bonchev–Trinajstić information content (AvgIpc) is 2.88. The van der Waals surface area contributed by atoms with Gasteiger partial charge in [-0.2, -0.15) is 10.2 Å². The minimum Gasteiger partial charge on any atom is -0.383 e. The maximum Gasteiger partial charge on any atom is 0.175 e. The molecule has 7 heteroatoms. The van der Waals surface area contributed by atoms with Crippen LogP contribution >= 0.6 is 0 Å². The predicted molar refractivity (Wildman–Crippen MR) is 66.1 cm³/mol. The van der Waals surface area contributed by atoms with E-state index in [1.807, 2.05) is 13.8 Å². The van der Waals surface area contributed by atoms with Crippen LogP contribution in [0.25, 0.3) is 0 Å². The van der Waals surface area contributed by atoms with Crippen molar-refractivity contribution >= 4 is 11.6 Å². The molecule has 2 N–H and O–H groups in total. The molecule has 0 aromatic carbocycles. The van der Waals surface area contributed by atoms with E-state index in [1.165, 1.54) is 17.2 Å². The van der Waals surface area contributed by atoms with E-state index in [4.69, 9.17) is 5.73 Å². The van der Waals surface area contributed by atoms with Crippen LogP contribution in [0.3, 0.4) is 0 Å². The van der Waals surface area contributed by atoms with Gasteiger partial charge >= 0.3 is 0 Å². The van der Waals surface area contributed by atoms with Gasteiger partial charge in [0.05, 0.1) is 18.2 Å². The number of aromatic nitrogens is 5.